The van der Waals surface area contributed by atoms with Gasteiger partial charge in [-0.15, -0.1) is 0 Å². The predicted molar refractivity (Wildman–Crippen MR) is 238 cm³/mol. The average Bonchev–Trinajstić information content (AvgIpc) is 3.51. The molecule has 0 atom stereocenters. The van der Waals surface area contributed by atoms with Crippen LogP contribution in [0.3, 0.4) is 0 Å². The summed E-state index contributed by atoms with van der Waals surface area (Å²) in [7, 11) is 0. The number of rotatable bonds is 7. The van der Waals surface area contributed by atoms with Crippen molar-refractivity contribution in [2.45, 2.75) is 19.3 Å². The molecule has 9 aromatic carbocycles. The lowest BCUT2D eigenvalue weighted by Gasteiger charge is -2.30. The first-order chi connectivity index (χ1) is 27.5. The lowest BCUT2D eigenvalue weighted by molar-refractivity contribution is 0.666. The van der Waals surface area contributed by atoms with E-state index in [1.807, 2.05) is 0 Å². The van der Waals surface area contributed by atoms with Gasteiger partial charge >= 0.3 is 0 Å². The summed E-state index contributed by atoms with van der Waals surface area (Å²) in [4.78, 5) is 2.45. The number of benzene rings is 9. The van der Waals surface area contributed by atoms with E-state index in [2.05, 4.69) is 231 Å². The molecule has 0 saturated heterocycles. The van der Waals surface area contributed by atoms with Crippen LogP contribution in [-0.2, 0) is 5.41 Å². The molecule has 0 N–H and O–H groups in total. The zero-order chi connectivity index (χ0) is 37.6. The van der Waals surface area contributed by atoms with Crippen LogP contribution < -0.4 is 4.90 Å². The zero-order valence-electron chi connectivity index (χ0n) is 31.7. The summed E-state index contributed by atoms with van der Waals surface area (Å²) in [6.07, 6.45) is 0. The summed E-state index contributed by atoms with van der Waals surface area (Å²) in [6.45, 7) is 4.79. The van der Waals surface area contributed by atoms with Gasteiger partial charge < -0.3 is 4.90 Å². The smallest absolute Gasteiger partial charge is 0.0546 e. The Morgan fingerprint density at radius 1 is 0.339 bits per heavy atom. The molecule has 0 saturated carbocycles. The molecule has 0 unspecified atom stereocenters. The number of fused-ring (bicyclic) bond motifs is 5. The Labute approximate surface area is 329 Å². The zero-order valence-corrected chi connectivity index (χ0v) is 31.7. The van der Waals surface area contributed by atoms with Crippen LogP contribution in [0, 0.1) is 0 Å². The van der Waals surface area contributed by atoms with Crippen molar-refractivity contribution in [2.24, 2.45) is 0 Å². The van der Waals surface area contributed by atoms with Crippen LogP contribution in [0.2, 0.25) is 0 Å². The quantitative estimate of drug-likeness (QED) is 0.159. The number of nitrogens with zero attached hydrogens (tertiary/aromatic N) is 1. The van der Waals surface area contributed by atoms with Crippen molar-refractivity contribution < 1.29 is 0 Å². The summed E-state index contributed by atoms with van der Waals surface area (Å²) in [6, 6.07) is 77.4. The molecule has 0 radical (unpaired) electrons. The molecular formula is C55H41N. The summed E-state index contributed by atoms with van der Waals surface area (Å²) in [5, 5.41) is 2.53. The number of hydrogen-bond donors (Lipinski definition) is 0. The maximum Gasteiger partial charge on any atom is 0.0546 e. The maximum atomic E-state index is 2.47. The van der Waals surface area contributed by atoms with E-state index in [0.717, 1.165) is 11.4 Å². The number of anilines is 3. The highest BCUT2D eigenvalue weighted by Gasteiger charge is 2.39. The van der Waals surface area contributed by atoms with E-state index in [4.69, 9.17) is 0 Å². The molecule has 266 valence electrons. The average molecular weight is 716 g/mol. The van der Waals surface area contributed by atoms with Gasteiger partial charge in [-0.2, -0.15) is 0 Å². The van der Waals surface area contributed by atoms with E-state index < -0.39 is 0 Å². The van der Waals surface area contributed by atoms with Crippen molar-refractivity contribution in [3.8, 4) is 55.6 Å². The normalized spacial score (nSPS) is 12.6. The first-order valence-electron chi connectivity index (χ1n) is 19.5. The van der Waals surface area contributed by atoms with Gasteiger partial charge in [0.2, 0.25) is 0 Å². The molecule has 1 aliphatic carbocycles. The second-order valence-electron chi connectivity index (χ2n) is 15.3. The third-order valence-electron chi connectivity index (χ3n) is 11.7. The standard InChI is InChI=1S/C55H41N/c1-55(2)51-24-14-23-47(44-19-10-5-11-20-44)53(51)50-37-52(48-21-12-13-22-49(48)54(50)55)56(45-33-29-42(30-34-45)39-17-8-4-9-18-39)46-35-31-43(32-36-46)41-27-25-40(26-28-41)38-15-6-3-7-16-38/h3-37H,1-2H3. The third-order valence-corrected chi connectivity index (χ3v) is 11.7. The Morgan fingerprint density at radius 3 is 1.25 bits per heavy atom. The maximum absolute atomic E-state index is 2.47. The number of hydrogen-bond acceptors (Lipinski definition) is 1. The van der Waals surface area contributed by atoms with E-state index in [9.17, 15) is 0 Å². The second-order valence-corrected chi connectivity index (χ2v) is 15.3. The van der Waals surface area contributed by atoms with Crippen molar-refractivity contribution in [2.75, 3.05) is 4.90 Å². The van der Waals surface area contributed by atoms with Gasteiger partial charge in [-0.3, -0.25) is 0 Å². The van der Waals surface area contributed by atoms with Crippen molar-refractivity contribution in [1.82, 2.24) is 0 Å². The monoisotopic (exact) mass is 715 g/mol. The molecule has 0 bridgehead atoms. The fraction of sp³-hybridized carbons (Fsp3) is 0.0545. The minimum Gasteiger partial charge on any atom is -0.310 e. The lowest BCUT2D eigenvalue weighted by Crippen LogP contribution is -2.16. The lowest BCUT2D eigenvalue weighted by atomic mass is 9.79. The first-order valence-corrected chi connectivity index (χ1v) is 19.5. The molecular weight excluding hydrogens is 675 g/mol. The Balaban J connectivity index is 1.15. The minimum atomic E-state index is -0.173. The molecule has 10 rings (SSSR count). The van der Waals surface area contributed by atoms with Gasteiger partial charge in [-0.05, 0) is 102 Å². The highest BCUT2D eigenvalue weighted by molar-refractivity contribution is 6.09. The largest absolute Gasteiger partial charge is 0.310 e. The fourth-order valence-corrected chi connectivity index (χ4v) is 8.92. The van der Waals surface area contributed by atoms with Gasteiger partial charge in [0, 0.05) is 22.2 Å². The Hall–Kier alpha value is -6.96. The molecule has 0 spiro atoms. The highest BCUT2D eigenvalue weighted by atomic mass is 15.1. The van der Waals surface area contributed by atoms with Crippen molar-refractivity contribution in [3.63, 3.8) is 0 Å². The van der Waals surface area contributed by atoms with Crippen molar-refractivity contribution in [3.05, 3.63) is 223 Å². The van der Waals surface area contributed by atoms with Crippen LogP contribution in [0.1, 0.15) is 25.0 Å². The van der Waals surface area contributed by atoms with Gasteiger partial charge in [0.05, 0.1) is 5.69 Å². The molecule has 0 aliphatic heterocycles. The van der Waals surface area contributed by atoms with Gasteiger partial charge in [-0.1, -0.05) is 196 Å². The van der Waals surface area contributed by atoms with Crippen LogP contribution in [0.4, 0.5) is 17.1 Å². The van der Waals surface area contributed by atoms with E-state index in [-0.39, 0.29) is 5.41 Å². The molecule has 1 heteroatoms. The molecule has 0 heterocycles. The van der Waals surface area contributed by atoms with Crippen molar-refractivity contribution in [1.29, 1.82) is 0 Å². The molecule has 1 nitrogen and oxygen atoms in total. The molecule has 0 amide bonds. The summed E-state index contributed by atoms with van der Waals surface area (Å²) in [5.41, 5.74) is 18.4. The Bertz CT molecular complexity index is 2820. The SMILES string of the molecule is CC1(C)c2cccc(-c3ccccc3)c2-c2cc(N(c3ccc(-c4ccccc4)cc3)c3ccc(-c4ccc(-c5ccccc5)cc4)cc3)c3ccccc3c21. The Kier molecular flexibility index (Phi) is 8.23. The molecule has 56 heavy (non-hydrogen) atoms. The summed E-state index contributed by atoms with van der Waals surface area (Å²) >= 11 is 0. The molecule has 1 aliphatic rings. The Morgan fingerprint density at radius 2 is 0.750 bits per heavy atom. The molecule has 0 fully saturated rings. The van der Waals surface area contributed by atoms with Crippen LogP contribution in [-0.4, -0.2) is 0 Å². The topological polar surface area (TPSA) is 3.24 Å². The van der Waals surface area contributed by atoms with Crippen LogP contribution >= 0.6 is 0 Å². The molecule has 0 aromatic heterocycles. The van der Waals surface area contributed by atoms with E-state index in [1.54, 1.807) is 0 Å². The predicted octanol–water partition coefficient (Wildman–Crippen LogP) is 15.3. The highest BCUT2D eigenvalue weighted by Crippen LogP contribution is 2.56. The minimum absolute atomic E-state index is 0.173. The fourth-order valence-electron chi connectivity index (χ4n) is 8.92. The molecule has 9 aromatic rings. The van der Waals surface area contributed by atoms with Crippen LogP contribution in [0.5, 0.6) is 0 Å². The van der Waals surface area contributed by atoms with Gasteiger partial charge in [0.15, 0.2) is 0 Å². The van der Waals surface area contributed by atoms with Gasteiger partial charge in [-0.25, -0.2) is 0 Å². The van der Waals surface area contributed by atoms with Crippen molar-refractivity contribution >= 4 is 27.8 Å². The summed E-state index contributed by atoms with van der Waals surface area (Å²) in [5.74, 6) is 0. The van der Waals surface area contributed by atoms with Gasteiger partial charge in [0.25, 0.3) is 0 Å². The van der Waals surface area contributed by atoms with E-state index in [1.165, 1.54) is 83.2 Å². The summed E-state index contributed by atoms with van der Waals surface area (Å²) < 4.78 is 0. The van der Waals surface area contributed by atoms with Crippen LogP contribution in [0.25, 0.3) is 66.4 Å². The third kappa shape index (κ3) is 5.72. The van der Waals surface area contributed by atoms with E-state index >= 15 is 0 Å². The van der Waals surface area contributed by atoms with E-state index in [0.29, 0.717) is 0 Å². The first kappa shape index (κ1) is 33.6. The second kappa shape index (κ2) is 13.7. The van der Waals surface area contributed by atoms with Gasteiger partial charge in [0.1, 0.15) is 0 Å². The van der Waals surface area contributed by atoms with Crippen LogP contribution in [0.15, 0.2) is 212 Å².